The van der Waals surface area contributed by atoms with Gasteiger partial charge in [-0.15, -0.1) is 0 Å². The van der Waals surface area contributed by atoms with Crippen LogP contribution in [0.4, 0.5) is 5.69 Å². The van der Waals surface area contributed by atoms with Gasteiger partial charge in [0.1, 0.15) is 5.75 Å². The van der Waals surface area contributed by atoms with Gasteiger partial charge in [0.15, 0.2) is 18.1 Å². The van der Waals surface area contributed by atoms with Gasteiger partial charge in [0, 0.05) is 23.3 Å². The highest BCUT2D eigenvalue weighted by Crippen LogP contribution is 2.22. The normalized spacial score (nSPS) is 14.1. The van der Waals surface area contributed by atoms with E-state index in [2.05, 4.69) is 4.99 Å². The number of nitrogens with zero attached hydrogens (tertiary/aromatic N) is 2. The fraction of sp³-hybridized carbons (Fsp3) is 0.0417. The fourth-order valence-corrected chi connectivity index (χ4v) is 2.96. The molecule has 0 spiro atoms. The predicted molar refractivity (Wildman–Crippen MR) is 116 cm³/mol. The summed E-state index contributed by atoms with van der Waals surface area (Å²) in [5, 5.41) is 10.9. The zero-order valence-corrected chi connectivity index (χ0v) is 16.6. The predicted octanol–water partition coefficient (Wildman–Crippen LogP) is 4.20. The molecular formula is C24H16N2O6. The Morgan fingerprint density at radius 1 is 1.03 bits per heavy atom. The average Bonchev–Trinajstić information content (AvgIpc) is 3.19. The van der Waals surface area contributed by atoms with Gasteiger partial charge in [0.05, 0.1) is 4.92 Å². The third kappa shape index (κ3) is 4.76. The molecule has 0 unspecified atom stereocenters. The molecule has 0 radical (unpaired) electrons. The molecule has 0 amide bonds. The molecule has 0 aromatic heterocycles. The largest absolute Gasteiger partial charge is 0.485 e. The van der Waals surface area contributed by atoms with Gasteiger partial charge >= 0.3 is 5.97 Å². The minimum absolute atomic E-state index is 0.00401. The van der Waals surface area contributed by atoms with Crippen LogP contribution in [-0.2, 0) is 9.53 Å². The summed E-state index contributed by atoms with van der Waals surface area (Å²) in [6.45, 7) is -0.0896. The van der Waals surface area contributed by atoms with Crippen LogP contribution in [0.1, 0.15) is 21.5 Å². The topological polar surface area (TPSA) is 108 Å². The molecule has 0 saturated heterocycles. The van der Waals surface area contributed by atoms with Gasteiger partial charge in [-0.1, -0.05) is 48.5 Å². The summed E-state index contributed by atoms with van der Waals surface area (Å²) >= 11 is 0. The molecule has 32 heavy (non-hydrogen) atoms. The van der Waals surface area contributed by atoms with Gasteiger partial charge in [-0.05, 0) is 29.8 Å². The number of ether oxygens (including phenoxy) is 2. The van der Waals surface area contributed by atoms with Crippen molar-refractivity contribution in [3.63, 3.8) is 0 Å². The number of ketones is 1. The van der Waals surface area contributed by atoms with Crippen molar-refractivity contribution in [2.24, 2.45) is 4.99 Å². The Kier molecular flexibility index (Phi) is 5.85. The number of hydrogen-bond donors (Lipinski definition) is 0. The number of benzene rings is 3. The van der Waals surface area contributed by atoms with E-state index in [1.54, 1.807) is 54.6 Å². The molecule has 1 heterocycles. The highest BCUT2D eigenvalue weighted by Gasteiger charge is 2.25. The number of carbonyl (C=O) groups excluding carboxylic acids is 2. The van der Waals surface area contributed by atoms with Gasteiger partial charge in [-0.25, -0.2) is 9.79 Å². The molecule has 3 aromatic carbocycles. The van der Waals surface area contributed by atoms with Crippen LogP contribution in [-0.4, -0.2) is 29.2 Å². The lowest BCUT2D eigenvalue weighted by Crippen LogP contribution is -2.11. The van der Waals surface area contributed by atoms with Crippen LogP contribution >= 0.6 is 0 Å². The first-order valence-electron chi connectivity index (χ1n) is 9.58. The molecule has 1 aliphatic heterocycles. The van der Waals surface area contributed by atoms with Crippen molar-refractivity contribution in [3.8, 4) is 5.75 Å². The smallest absolute Gasteiger partial charge is 0.363 e. The summed E-state index contributed by atoms with van der Waals surface area (Å²) in [5.41, 5.74) is 1.52. The molecule has 8 heteroatoms. The van der Waals surface area contributed by atoms with Crippen LogP contribution in [0.5, 0.6) is 5.75 Å². The van der Waals surface area contributed by atoms with E-state index in [0.717, 1.165) is 0 Å². The van der Waals surface area contributed by atoms with Gasteiger partial charge in [0.2, 0.25) is 5.90 Å². The molecule has 0 N–H and O–H groups in total. The fourth-order valence-electron chi connectivity index (χ4n) is 2.96. The molecule has 8 nitrogen and oxygen atoms in total. The van der Waals surface area contributed by atoms with E-state index in [1.165, 1.54) is 24.3 Å². The summed E-state index contributed by atoms with van der Waals surface area (Å²) < 4.78 is 10.7. The maximum Gasteiger partial charge on any atom is 0.363 e. The van der Waals surface area contributed by atoms with Crippen molar-refractivity contribution in [1.82, 2.24) is 0 Å². The van der Waals surface area contributed by atoms with Crippen molar-refractivity contribution in [3.05, 3.63) is 111 Å². The molecule has 0 saturated carbocycles. The monoisotopic (exact) mass is 428 g/mol. The Morgan fingerprint density at radius 2 is 1.78 bits per heavy atom. The Hall–Kier alpha value is -4.59. The molecule has 0 atom stereocenters. The van der Waals surface area contributed by atoms with Gasteiger partial charge in [0.25, 0.3) is 5.69 Å². The number of Topliss-reactive ketones (excluding diaryl/α,β-unsaturated/α-hetero) is 1. The number of cyclic esters (lactones) is 1. The molecule has 0 aliphatic carbocycles. The molecular weight excluding hydrogens is 412 g/mol. The highest BCUT2D eigenvalue weighted by atomic mass is 16.6. The average molecular weight is 428 g/mol. The number of aliphatic imine (C=N–C) groups is 1. The second-order valence-electron chi connectivity index (χ2n) is 6.79. The zero-order valence-electron chi connectivity index (χ0n) is 16.6. The molecule has 158 valence electrons. The van der Waals surface area contributed by atoms with E-state index in [4.69, 9.17) is 9.47 Å². The minimum atomic E-state index is -0.653. The van der Waals surface area contributed by atoms with Gasteiger partial charge < -0.3 is 9.47 Å². The van der Waals surface area contributed by atoms with Gasteiger partial charge in [-0.2, -0.15) is 0 Å². The molecule has 3 aromatic rings. The maximum absolute atomic E-state index is 12.2. The Labute approximate surface area is 182 Å². The number of rotatable bonds is 7. The first-order valence-corrected chi connectivity index (χ1v) is 9.58. The van der Waals surface area contributed by atoms with Crippen LogP contribution in [0, 0.1) is 10.1 Å². The maximum atomic E-state index is 12.2. The lowest BCUT2D eigenvalue weighted by Gasteiger charge is -2.06. The van der Waals surface area contributed by atoms with E-state index in [1.807, 2.05) is 6.07 Å². The third-order valence-electron chi connectivity index (χ3n) is 4.57. The van der Waals surface area contributed by atoms with Crippen molar-refractivity contribution in [2.45, 2.75) is 0 Å². The zero-order chi connectivity index (χ0) is 22.5. The number of nitro benzene ring substituents is 1. The van der Waals surface area contributed by atoms with Crippen LogP contribution in [0.3, 0.4) is 0 Å². The molecule has 1 aliphatic rings. The van der Waals surface area contributed by atoms with Crippen molar-refractivity contribution < 1.29 is 24.0 Å². The number of hydrogen-bond acceptors (Lipinski definition) is 7. The summed E-state index contributed by atoms with van der Waals surface area (Å²) in [6, 6.07) is 21.3. The van der Waals surface area contributed by atoms with Crippen molar-refractivity contribution in [2.75, 3.05) is 6.61 Å². The second-order valence-corrected chi connectivity index (χ2v) is 6.79. The highest BCUT2D eigenvalue weighted by molar-refractivity contribution is 6.13. The quantitative estimate of drug-likeness (QED) is 0.183. The second kappa shape index (κ2) is 9.05. The van der Waals surface area contributed by atoms with Gasteiger partial charge in [-0.3, -0.25) is 14.9 Å². The number of esters is 1. The van der Waals surface area contributed by atoms with E-state index in [-0.39, 0.29) is 29.7 Å². The number of nitro groups is 1. The molecule has 0 bridgehead atoms. The first kappa shape index (κ1) is 20.7. The minimum Gasteiger partial charge on any atom is -0.485 e. The van der Waals surface area contributed by atoms with Crippen molar-refractivity contribution in [1.29, 1.82) is 0 Å². The van der Waals surface area contributed by atoms with Crippen molar-refractivity contribution >= 4 is 29.4 Å². The lowest BCUT2D eigenvalue weighted by atomic mass is 10.1. The van der Waals surface area contributed by atoms with E-state index >= 15 is 0 Å². The summed E-state index contributed by atoms with van der Waals surface area (Å²) in [7, 11) is 0. The van der Waals surface area contributed by atoms with Crippen LogP contribution < -0.4 is 4.74 Å². The summed E-state index contributed by atoms with van der Waals surface area (Å²) in [6.07, 6.45) is 1.53. The SMILES string of the molecule is O=C1OC(c2cccc([N+](=O)[O-])c2)=N/C1=C\c1ccc(OCC(=O)c2ccccc2)cc1. The standard InChI is InChI=1S/C24H16N2O6/c27-22(17-5-2-1-3-6-17)15-31-20-11-9-16(10-12-20)13-21-24(28)32-23(25-21)18-7-4-8-19(14-18)26(29)30/h1-14H,15H2/b21-13-. The summed E-state index contributed by atoms with van der Waals surface area (Å²) in [4.78, 5) is 38.8. The summed E-state index contributed by atoms with van der Waals surface area (Å²) in [5.74, 6) is -0.274. The van der Waals surface area contributed by atoms with E-state index in [9.17, 15) is 19.7 Å². The number of carbonyl (C=O) groups is 2. The molecule has 4 rings (SSSR count). The third-order valence-corrected chi connectivity index (χ3v) is 4.57. The van der Waals surface area contributed by atoms with E-state index in [0.29, 0.717) is 22.4 Å². The van der Waals surface area contributed by atoms with E-state index < -0.39 is 10.9 Å². The Balaban J connectivity index is 1.44. The Bertz CT molecular complexity index is 1250. The number of non-ortho nitro benzene ring substituents is 1. The Morgan fingerprint density at radius 3 is 2.50 bits per heavy atom. The van der Waals surface area contributed by atoms with Crippen LogP contribution in [0.15, 0.2) is 89.6 Å². The van der Waals surface area contributed by atoms with Crippen LogP contribution in [0.25, 0.3) is 6.08 Å². The lowest BCUT2D eigenvalue weighted by molar-refractivity contribution is -0.384. The van der Waals surface area contributed by atoms with Crippen LogP contribution in [0.2, 0.25) is 0 Å². The first-order chi connectivity index (χ1) is 15.5. The molecule has 0 fully saturated rings.